The average Bonchev–Trinajstić information content (AvgIpc) is 3.33. The van der Waals surface area contributed by atoms with E-state index >= 15 is 0 Å². The van der Waals surface area contributed by atoms with Crippen LogP contribution in [0.4, 0.5) is 0 Å². The van der Waals surface area contributed by atoms with Crippen molar-refractivity contribution in [1.29, 1.82) is 0 Å². The zero-order valence-corrected chi connectivity index (χ0v) is 14.3. The molecule has 2 amide bonds. The Bertz CT molecular complexity index is 446. The number of methoxy groups -OCH3 is 1. The summed E-state index contributed by atoms with van der Waals surface area (Å²) in [5, 5.41) is 2.77. The number of likely N-dealkylation sites (N-methyl/N-ethyl adjacent to an activating group) is 1. The van der Waals surface area contributed by atoms with Crippen LogP contribution in [-0.2, 0) is 14.3 Å². The Morgan fingerprint density at radius 2 is 2.09 bits per heavy atom. The fourth-order valence-electron chi connectivity index (χ4n) is 2.93. The Kier molecular flexibility index (Phi) is 7.05. The van der Waals surface area contributed by atoms with Crippen LogP contribution in [0.1, 0.15) is 38.5 Å². The van der Waals surface area contributed by atoms with Crippen molar-refractivity contribution in [3.8, 4) is 0 Å². The molecular formula is C17H29N3O3. The van der Waals surface area contributed by atoms with Crippen molar-refractivity contribution >= 4 is 11.8 Å². The molecule has 0 heterocycles. The molecule has 0 bridgehead atoms. The molecule has 6 nitrogen and oxygen atoms in total. The Morgan fingerprint density at radius 3 is 2.70 bits per heavy atom. The molecule has 2 aliphatic rings. The molecule has 1 N–H and O–H groups in total. The summed E-state index contributed by atoms with van der Waals surface area (Å²) in [6.07, 6.45) is 8.89. The summed E-state index contributed by atoms with van der Waals surface area (Å²) in [6.45, 7) is 1.51. The van der Waals surface area contributed by atoms with Gasteiger partial charge < -0.3 is 15.0 Å². The van der Waals surface area contributed by atoms with Gasteiger partial charge in [-0.15, -0.1) is 0 Å². The van der Waals surface area contributed by atoms with E-state index in [0.29, 0.717) is 19.2 Å². The summed E-state index contributed by atoms with van der Waals surface area (Å²) in [4.78, 5) is 28.2. The van der Waals surface area contributed by atoms with Gasteiger partial charge in [-0.25, -0.2) is 0 Å². The minimum Gasteiger partial charge on any atom is -0.383 e. The first-order valence-corrected chi connectivity index (χ1v) is 8.57. The molecular weight excluding hydrogens is 294 g/mol. The normalized spacial score (nSPS) is 17.8. The van der Waals surface area contributed by atoms with Gasteiger partial charge in [-0.1, -0.05) is 6.08 Å². The number of ether oxygens (including phenoxy) is 1. The van der Waals surface area contributed by atoms with Crippen molar-refractivity contribution < 1.29 is 14.3 Å². The van der Waals surface area contributed by atoms with Crippen LogP contribution in [0.15, 0.2) is 11.8 Å². The second-order valence-electron chi connectivity index (χ2n) is 6.45. The quantitative estimate of drug-likeness (QED) is 0.646. The van der Waals surface area contributed by atoms with E-state index in [1.165, 1.54) is 18.5 Å². The molecule has 0 aromatic heterocycles. The molecule has 0 atom stereocenters. The van der Waals surface area contributed by atoms with Gasteiger partial charge in [0.2, 0.25) is 11.8 Å². The standard InChI is InChI=1S/C17H29N3O3/c1-19(12-16(21)18-10-11-23-2)13-17(22)20(15-8-9-15)14-6-4-3-5-7-14/h6,15H,3-5,7-13H2,1-2H3,(H,18,21). The van der Waals surface area contributed by atoms with Gasteiger partial charge in [-0.3, -0.25) is 14.5 Å². The third-order valence-electron chi connectivity index (χ3n) is 4.20. The smallest absolute Gasteiger partial charge is 0.241 e. The topological polar surface area (TPSA) is 61.9 Å². The molecule has 0 aromatic carbocycles. The molecule has 0 unspecified atom stereocenters. The number of nitrogens with zero attached hydrogens (tertiary/aromatic N) is 2. The van der Waals surface area contributed by atoms with Gasteiger partial charge in [-0.2, -0.15) is 0 Å². The molecule has 0 aliphatic heterocycles. The number of carbonyl (C=O) groups is 2. The summed E-state index contributed by atoms with van der Waals surface area (Å²) < 4.78 is 4.90. The van der Waals surface area contributed by atoms with E-state index in [1.54, 1.807) is 12.0 Å². The molecule has 1 saturated carbocycles. The predicted octanol–water partition coefficient (Wildman–Crippen LogP) is 1.13. The van der Waals surface area contributed by atoms with Crippen LogP contribution in [0.5, 0.6) is 0 Å². The van der Waals surface area contributed by atoms with E-state index < -0.39 is 0 Å². The monoisotopic (exact) mass is 323 g/mol. The van der Waals surface area contributed by atoms with Crippen LogP contribution in [0.2, 0.25) is 0 Å². The molecule has 1 fully saturated rings. The van der Waals surface area contributed by atoms with E-state index in [2.05, 4.69) is 11.4 Å². The number of amides is 2. The highest BCUT2D eigenvalue weighted by molar-refractivity contribution is 5.82. The Hall–Kier alpha value is -1.40. The van der Waals surface area contributed by atoms with Crippen LogP contribution in [0.3, 0.4) is 0 Å². The number of hydrogen-bond acceptors (Lipinski definition) is 4. The first-order chi connectivity index (χ1) is 11.1. The third kappa shape index (κ3) is 5.95. The lowest BCUT2D eigenvalue weighted by Gasteiger charge is -2.29. The van der Waals surface area contributed by atoms with Crippen LogP contribution in [0, 0.1) is 0 Å². The number of allylic oxidation sites excluding steroid dienone is 2. The zero-order valence-electron chi connectivity index (χ0n) is 14.3. The summed E-state index contributed by atoms with van der Waals surface area (Å²) >= 11 is 0. The highest BCUT2D eigenvalue weighted by Crippen LogP contribution is 2.33. The summed E-state index contributed by atoms with van der Waals surface area (Å²) in [5.41, 5.74) is 1.20. The van der Waals surface area contributed by atoms with Gasteiger partial charge >= 0.3 is 0 Å². The molecule has 130 valence electrons. The van der Waals surface area contributed by atoms with Crippen molar-refractivity contribution in [2.24, 2.45) is 0 Å². The highest BCUT2D eigenvalue weighted by Gasteiger charge is 2.35. The van der Waals surface area contributed by atoms with Crippen LogP contribution in [-0.4, -0.2) is 68.1 Å². The van der Waals surface area contributed by atoms with Gasteiger partial charge in [0.1, 0.15) is 0 Å². The SMILES string of the molecule is COCCNC(=O)CN(C)CC(=O)N(C1=CCCCC1)C1CC1. The van der Waals surface area contributed by atoms with Gasteiger partial charge in [-0.05, 0) is 45.6 Å². The number of nitrogens with one attached hydrogen (secondary N) is 1. The lowest BCUT2D eigenvalue weighted by Crippen LogP contribution is -2.43. The van der Waals surface area contributed by atoms with Crippen LogP contribution in [0.25, 0.3) is 0 Å². The minimum absolute atomic E-state index is 0.0767. The maximum atomic E-state index is 12.7. The van der Waals surface area contributed by atoms with E-state index in [4.69, 9.17) is 4.74 Å². The van der Waals surface area contributed by atoms with Crippen LogP contribution < -0.4 is 5.32 Å². The van der Waals surface area contributed by atoms with Crippen molar-refractivity contribution in [2.45, 2.75) is 44.6 Å². The maximum absolute atomic E-state index is 12.7. The number of rotatable bonds is 9. The fourth-order valence-corrected chi connectivity index (χ4v) is 2.93. The average molecular weight is 323 g/mol. The van der Waals surface area contributed by atoms with Crippen molar-refractivity contribution in [1.82, 2.24) is 15.1 Å². The molecule has 0 saturated heterocycles. The zero-order chi connectivity index (χ0) is 16.7. The summed E-state index contributed by atoms with van der Waals surface area (Å²) in [7, 11) is 3.41. The Balaban J connectivity index is 1.81. The fraction of sp³-hybridized carbons (Fsp3) is 0.765. The summed E-state index contributed by atoms with van der Waals surface area (Å²) in [5.74, 6) is 0.0417. The Morgan fingerprint density at radius 1 is 1.30 bits per heavy atom. The van der Waals surface area contributed by atoms with Crippen molar-refractivity contribution in [3.05, 3.63) is 11.8 Å². The second kappa shape index (κ2) is 9.03. The highest BCUT2D eigenvalue weighted by atomic mass is 16.5. The van der Waals surface area contributed by atoms with Crippen LogP contribution >= 0.6 is 0 Å². The first-order valence-electron chi connectivity index (χ1n) is 8.57. The van der Waals surface area contributed by atoms with Gasteiger partial charge in [0.15, 0.2) is 0 Å². The molecule has 0 spiro atoms. The number of hydrogen-bond donors (Lipinski definition) is 1. The second-order valence-corrected chi connectivity index (χ2v) is 6.45. The van der Waals surface area contributed by atoms with E-state index in [-0.39, 0.29) is 24.9 Å². The van der Waals surface area contributed by atoms with Gasteiger partial charge in [0, 0.05) is 25.4 Å². The molecule has 0 radical (unpaired) electrons. The van der Waals surface area contributed by atoms with Crippen molar-refractivity contribution in [3.63, 3.8) is 0 Å². The van der Waals surface area contributed by atoms with E-state index in [9.17, 15) is 9.59 Å². The molecule has 23 heavy (non-hydrogen) atoms. The third-order valence-corrected chi connectivity index (χ3v) is 4.20. The number of carbonyl (C=O) groups excluding carboxylic acids is 2. The van der Waals surface area contributed by atoms with Crippen molar-refractivity contribution in [2.75, 3.05) is 40.4 Å². The molecule has 6 heteroatoms. The van der Waals surface area contributed by atoms with Gasteiger partial charge in [0.25, 0.3) is 0 Å². The largest absolute Gasteiger partial charge is 0.383 e. The van der Waals surface area contributed by atoms with E-state index in [0.717, 1.165) is 25.7 Å². The predicted molar refractivity (Wildman–Crippen MR) is 88.8 cm³/mol. The molecule has 2 aliphatic carbocycles. The lowest BCUT2D eigenvalue weighted by atomic mass is 10.0. The molecule has 0 aromatic rings. The maximum Gasteiger partial charge on any atom is 0.241 e. The van der Waals surface area contributed by atoms with Gasteiger partial charge in [0.05, 0.1) is 19.7 Å². The summed E-state index contributed by atoms with van der Waals surface area (Å²) in [6, 6.07) is 0.385. The minimum atomic E-state index is -0.0767. The molecule has 2 rings (SSSR count). The first kappa shape index (κ1) is 17.9. The Labute approximate surface area is 138 Å². The lowest BCUT2D eigenvalue weighted by molar-refractivity contribution is -0.131. The van der Waals surface area contributed by atoms with E-state index in [1.807, 2.05) is 11.9 Å².